The third-order valence-corrected chi connectivity index (χ3v) is 3.78. The fourth-order valence-corrected chi connectivity index (χ4v) is 2.76. The molecule has 0 spiro atoms. The van der Waals surface area contributed by atoms with Gasteiger partial charge >= 0.3 is 0 Å². The monoisotopic (exact) mass is 289 g/mol. The molecule has 5 heteroatoms. The van der Waals surface area contributed by atoms with E-state index < -0.39 is 0 Å². The van der Waals surface area contributed by atoms with Crippen molar-refractivity contribution in [3.05, 3.63) is 24.1 Å². The predicted molar refractivity (Wildman–Crippen MR) is 83.7 cm³/mol. The maximum absolute atomic E-state index is 5.63. The van der Waals surface area contributed by atoms with Crippen molar-refractivity contribution >= 4 is 16.8 Å². The summed E-state index contributed by atoms with van der Waals surface area (Å²) in [7, 11) is 0. The third-order valence-electron chi connectivity index (χ3n) is 3.78. The third kappa shape index (κ3) is 3.54. The van der Waals surface area contributed by atoms with Crippen molar-refractivity contribution in [1.82, 2.24) is 10.3 Å². The topological polar surface area (TPSA) is 59.3 Å². The Morgan fingerprint density at radius 3 is 3.14 bits per heavy atom. The van der Waals surface area contributed by atoms with E-state index in [2.05, 4.69) is 28.6 Å². The molecule has 0 aliphatic carbocycles. The second-order valence-electron chi connectivity index (χ2n) is 5.65. The minimum atomic E-state index is 0.374. The number of aromatic nitrogens is 1. The molecule has 2 N–H and O–H groups in total. The number of morpholine rings is 1. The molecule has 1 aromatic carbocycles. The number of fused-ring (bicyclic) bond motifs is 1. The summed E-state index contributed by atoms with van der Waals surface area (Å²) in [6, 6.07) is 6.90. The van der Waals surface area contributed by atoms with Gasteiger partial charge in [-0.1, -0.05) is 6.92 Å². The van der Waals surface area contributed by atoms with E-state index in [4.69, 9.17) is 9.15 Å². The number of nitrogens with zero attached hydrogens (tertiary/aromatic N) is 1. The summed E-state index contributed by atoms with van der Waals surface area (Å²) in [6.07, 6.45) is 1.86. The molecule has 114 valence electrons. The van der Waals surface area contributed by atoms with Crippen LogP contribution in [0.5, 0.6) is 0 Å². The standard InChI is InChI=1S/C16H23N3O2/c1-3-16-19-14-9-12(4-5-15(14)21-16)18-11(2)8-13-10-20-7-6-17-13/h4-5,9,11,13,17-18H,3,6-8,10H2,1-2H3. The molecule has 3 rings (SSSR count). The SMILES string of the molecule is CCc1nc2cc(NC(C)CC3COCCN3)ccc2o1. The minimum absolute atomic E-state index is 0.374. The molecule has 1 aromatic heterocycles. The van der Waals surface area contributed by atoms with Crippen LogP contribution < -0.4 is 10.6 Å². The van der Waals surface area contributed by atoms with Crippen LogP contribution in [-0.4, -0.2) is 36.8 Å². The lowest BCUT2D eigenvalue weighted by molar-refractivity contribution is 0.0731. The van der Waals surface area contributed by atoms with Gasteiger partial charge < -0.3 is 19.8 Å². The molecule has 1 aliphatic heterocycles. The van der Waals surface area contributed by atoms with E-state index in [-0.39, 0.29) is 0 Å². The summed E-state index contributed by atoms with van der Waals surface area (Å²) < 4.78 is 11.1. The second kappa shape index (κ2) is 6.45. The van der Waals surface area contributed by atoms with Crippen LogP contribution in [0.3, 0.4) is 0 Å². The molecule has 1 saturated heterocycles. The van der Waals surface area contributed by atoms with Crippen molar-refractivity contribution in [2.24, 2.45) is 0 Å². The molecule has 21 heavy (non-hydrogen) atoms. The van der Waals surface area contributed by atoms with Gasteiger partial charge in [0.15, 0.2) is 11.5 Å². The van der Waals surface area contributed by atoms with Gasteiger partial charge in [-0.2, -0.15) is 0 Å². The summed E-state index contributed by atoms with van der Waals surface area (Å²) in [5.74, 6) is 0.791. The number of hydrogen-bond acceptors (Lipinski definition) is 5. The summed E-state index contributed by atoms with van der Waals surface area (Å²) in [4.78, 5) is 4.48. The van der Waals surface area contributed by atoms with E-state index in [0.717, 1.165) is 55.3 Å². The zero-order valence-corrected chi connectivity index (χ0v) is 12.7. The quantitative estimate of drug-likeness (QED) is 0.886. The van der Waals surface area contributed by atoms with Crippen molar-refractivity contribution in [3.63, 3.8) is 0 Å². The number of aryl methyl sites for hydroxylation is 1. The van der Waals surface area contributed by atoms with Crippen LogP contribution in [0.25, 0.3) is 11.1 Å². The van der Waals surface area contributed by atoms with Crippen molar-refractivity contribution in [3.8, 4) is 0 Å². The first-order chi connectivity index (χ1) is 10.2. The van der Waals surface area contributed by atoms with E-state index in [1.165, 1.54) is 0 Å². The maximum Gasteiger partial charge on any atom is 0.195 e. The molecule has 1 fully saturated rings. The van der Waals surface area contributed by atoms with Gasteiger partial charge in [0, 0.05) is 30.7 Å². The van der Waals surface area contributed by atoms with E-state index >= 15 is 0 Å². The lowest BCUT2D eigenvalue weighted by Crippen LogP contribution is -2.43. The number of benzene rings is 1. The van der Waals surface area contributed by atoms with E-state index in [1.807, 2.05) is 19.1 Å². The summed E-state index contributed by atoms with van der Waals surface area (Å²) in [5.41, 5.74) is 2.86. The van der Waals surface area contributed by atoms with Crippen molar-refractivity contribution in [2.75, 3.05) is 25.1 Å². The van der Waals surface area contributed by atoms with Gasteiger partial charge in [0.2, 0.25) is 0 Å². The molecule has 2 atom stereocenters. The highest BCUT2D eigenvalue weighted by atomic mass is 16.5. The Kier molecular flexibility index (Phi) is 4.41. The number of oxazole rings is 1. The van der Waals surface area contributed by atoms with Gasteiger partial charge in [0.1, 0.15) is 5.52 Å². The van der Waals surface area contributed by atoms with Gasteiger partial charge in [-0.25, -0.2) is 4.98 Å². The molecular weight excluding hydrogens is 266 g/mol. The molecule has 0 bridgehead atoms. The van der Waals surface area contributed by atoms with Crippen LogP contribution >= 0.6 is 0 Å². The molecule has 2 heterocycles. The first-order valence-corrected chi connectivity index (χ1v) is 7.71. The highest BCUT2D eigenvalue weighted by Gasteiger charge is 2.16. The number of nitrogens with one attached hydrogen (secondary N) is 2. The van der Waals surface area contributed by atoms with Crippen LogP contribution in [0.15, 0.2) is 22.6 Å². The second-order valence-corrected chi connectivity index (χ2v) is 5.65. The predicted octanol–water partition coefficient (Wildman–Crippen LogP) is 2.57. The van der Waals surface area contributed by atoms with Gasteiger partial charge in [-0.3, -0.25) is 0 Å². The lowest BCUT2D eigenvalue weighted by atomic mass is 10.1. The van der Waals surface area contributed by atoms with Gasteiger partial charge in [0.05, 0.1) is 13.2 Å². The van der Waals surface area contributed by atoms with Crippen molar-refractivity contribution in [1.29, 1.82) is 0 Å². The Balaban J connectivity index is 1.63. The highest BCUT2D eigenvalue weighted by Crippen LogP contribution is 2.21. The summed E-state index contributed by atoms with van der Waals surface area (Å²) in [5, 5.41) is 7.02. The summed E-state index contributed by atoms with van der Waals surface area (Å²) >= 11 is 0. The van der Waals surface area contributed by atoms with Crippen LogP contribution in [0.1, 0.15) is 26.2 Å². The Hall–Kier alpha value is -1.59. The molecule has 2 unspecified atom stereocenters. The molecular formula is C16H23N3O2. The average molecular weight is 289 g/mol. The Bertz CT molecular complexity index is 590. The largest absolute Gasteiger partial charge is 0.441 e. The van der Waals surface area contributed by atoms with Crippen LogP contribution in [-0.2, 0) is 11.2 Å². The van der Waals surface area contributed by atoms with Crippen molar-refractivity contribution in [2.45, 2.75) is 38.8 Å². The first-order valence-electron chi connectivity index (χ1n) is 7.71. The molecule has 1 aliphatic rings. The lowest BCUT2D eigenvalue weighted by Gasteiger charge is -2.27. The van der Waals surface area contributed by atoms with Crippen LogP contribution in [0.4, 0.5) is 5.69 Å². The van der Waals surface area contributed by atoms with E-state index in [0.29, 0.717) is 12.1 Å². The Morgan fingerprint density at radius 1 is 1.48 bits per heavy atom. The highest BCUT2D eigenvalue weighted by molar-refractivity contribution is 5.77. The van der Waals surface area contributed by atoms with Gasteiger partial charge in [0.25, 0.3) is 0 Å². The van der Waals surface area contributed by atoms with Crippen LogP contribution in [0.2, 0.25) is 0 Å². The molecule has 0 amide bonds. The van der Waals surface area contributed by atoms with Crippen molar-refractivity contribution < 1.29 is 9.15 Å². The first kappa shape index (κ1) is 14.4. The number of rotatable bonds is 5. The fourth-order valence-electron chi connectivity index (χ4n) is 2.76. The maximum atomic E-state index is 5.63. The minimum Gasteiger partial charge on any atom is -0.441 e. The number of anilines is 1. The van der Waals surface area contributed by atoms with E-state index in [9.17, 15) is 0 Å². The van der Waals surface area contributed by atoms with Crippen LogP contribution in [0, 0.1) is 0 Å². The molecule has 2 aromatic rings. The van der Waals surface area contributed by atoms with Gasteiger partial charge in [-0.05, 0) is 31.5 Å². The fraction of sp³-hybridized carbons (Fsp3) is 0.562. The zero-order valence-electron chi connectivity index (χ0n) is 12.7. The smallest absolute Gasteiger partial charge is 0.195 e. The van der Waals surface area contributed by atoms with Gasteiger partial charge in [-0.15, -0.1) is 0 Å². The number of hydrogen-bond donors (Lipinski definition) is 2. The molecule has 0 radical (unpaired) electrons. The summed E-state index contributed by atoms with van der Waals surface area (Å²) in [6.45, 7) is 6.81. The molecule has 0 saturated carbocycles. The Morgan fingerprint density at radius 2 is 2.38 bits per heavy atom. The normalized spacial score (nSPS) is 20.6. The molecule has 5 nitrogen and oxygen atoms in total. The van der Waals surface area contributed by atoms with E-state index in [1.54, 1.807) is 0 Å². The Labute approximate surface area is 125 Å². The number of ether oxygens (including phenoxy) is 1. The zero-order chi connectivity index (χ0) is 14.7. The average Bonchev–Trinajstić information content (AvgIpc) is 2.90.